The summed E-state index contributed by atoms with van der Waals surface area (Å²) in [5, 5.41) is 9.28. The summed E-state index contributed by atoms with van der Waals surface area (Å²) in [6.45, 7) is 0.0816. The molecule has 0 N–H and O–H groups in total. The quantitative estimate of drug-likeness (QED) is 0.690. The zero-order chi connectivity index (χ0) is 14.7. The minimum Gasteiger partial charge on any atom is -0.457 e. The number of pyridine rings is 1. The van der Waals surface area contributed by atoms with E-state index in [-0.39, 0.29) is 6.61 Å². The molecule has 3 aromatic rings. The Kier molecular flexibility index (Phi) is 3.40. The Balaban J connectivity index is 1.83. The number of nitriles is 1. The van der Waals surface area contributed by atoms with E-state index in [4.69, 9.17) is 4.74 Å². The van der Waals surface area contributed by atoms with Crippen molar-refractivity contribution in [3.63, 3.8) is 0 Å². The van der Waals surface area contributed by atoms with Crippen LogP contribution in [0.4, 0.5) is 0 Å². The van der Waals surface area contributed by atoms with Crippen molar-refractivity contribution in [2.75, 3.05) is 0 Å². The maximum atomic E-state index is 11.9. The number of aromatic nitrogens is 1. The second-order valence-corrected chi connectivity index (χ2v) is 4.58. The Morgan fingerprint density at radius 3 is 2.67 bits per heavy atom. The maximum absolute atomic E-state index is 11.9. The smallest absolute Gasteiger partial charge is 0.338 e. The predicted octanol–water partition coefficient (Wildman–Crippen LogP) is 3.17. The van der Waals surface area contributed by atoms with Gasteiger partial charge in [0.05, 0.1) is 16.6 Å². The highest BCUT2D eigenvalue weighted by Crippen LogP contribution is 2.19. The van der Waals surface area contributed by atoms with E-state index < -0.39 is 5.97 Å². The molecule has 4 heteroatoms. The molecule has 0 aliphatic carbocycles. The van der Waals surface area contributed by atoms with E-state index in [2.05, 4.69) is 6.07 Å². The van der Waals surface area contributed by atoms with Gasteiger partial charge in [0.25, 0.3) is 0 Å². The molecule has 2 heterocycles. The molecular formula is C17H12N2O2. The van der Waals surface area contributed by atoms with Crippen molar-refractivity contribution in [1.82, 2.24) is 4.40 Å². The van der Waals surface area contributed by atoms with Crippen molar-refractivity contribution < 1.29 is 9.53 Å². The molecule has 0 aliphatic heterocycles. The summed E-state index contributed by atoms with van der Waals surface area (Å²) in [5.74, 6) is -0.394. The monoisotopic (exact) mass is 276 g/mol. The Labute approximate surface area is 121 Å². The molecule has 0 radical (unpaired) electrons. The molecule has 102 valence electrons. The highest BCUT2D eigenvalue weighted by atomic mass is 16.5. The van der Waals surface area contributed by atoms with E-state index in [1.165, 1.54) is 0 Å². The first-order valence-electron chi connectivity index (χ1n) is 6.50. The fourth-order valence-electron chi connectivity index (χ4n) is 2.22. The van der Waals surface area contributed by atoms with Gasteiger partial charge in [-0.05, 0) is 24.3 Å². The minimum absolute atomic E-state index is 0.0816. The van der Waals surface area contributed by atoms with Gasteiger partial charge in [0.2, 0.25) is 0 Å². The summed E-state index contributed by atoms with van der Waals surface area (Å²) >= 11 is 0. The molecule has 0 fully saturated rings. The summed E-state index contributed by atoms with van der Waals surface area (Å²) in [4.78, 5) is 11.9. The largest absolute Gasteiger partial charge is 0.457 e. The van der Waals surface area contributed by atoms with E-state index in [0.717, 1.165) is 5.52 Å². The lowest BCUT2D eigenvalue weighted by Gasteiger charge is -2.03. The second kappa shape index (κ2) is 5.51. The van der Waals surface area contributed by atoms with E-state index in [1.807, 2.05) is 41.1 Å². The maximum Gasteiger partial charge on any atom is 0.338 e. The third-order valence-electron chi connectivity index (χ3n) is 3.24. The van der Waals surface area contributed by atoms with Crippen LogP contribution in [0.25, 0.3) is 5.52 Å². The lowest BCUT2D eigenvalue weighted by atomic mass is 10.2. The second-order valence-electron chi connectivity index (χ2n) is 4.58. The minimum atomic E-state index is -0.394. The number of esters is 1. The van der Waals surface area contributed by atoms with Gasteiger partial charge < -0.3 is 9.14 Å². The van der Waals surface area contributed by atoms with Gasteiger partial charge in [0, 0.05) is 18.0 Å². The van der Waals surface area contributed by atoms with Crippen LogP contribution in [0.5, 0.6) is 0 Å². The zero-order valence-electron chi connectivity index (χ0n) is 11.2. The zero-order valence-corrected chi connectivity index (χ0v) is 11.2. The van der Waals surface area contributed by atoms with Gasteiger partial charge >= 0.3 is 5.97 Å². The molecule has 4 nitrogen and oxygen atoms in total. The van der Waals surface area contributed by atoms with Crippen LogP contribution in [0.1, 0.15) is 21.5 Å². The molecule has 2 aromatic heterocycles. The molecule has 0 saturated heterocycles. The Morgan fingerprint density at radius 1 is 1.14 bits per heavy atom. The fraction of sp³-hybridized carbons (Fsp3) is 0.0588. The first-order chi connectivity index (χ1) is 10.3. The Bertz CT molecular complexity index is 829. The average molecular weight is 276 g/mol. The topological polar surface area (TPSA) is 54.5 Å². The standard InChI is InChI=1S/C17H12N2O2/c18-10-15-14(11-19-9-5-4-8-16(15)19)12-21-17(20)13-6-2-1-3-7-13/h1-9,11H,12H2. The third kappa shape index (κ3) is 2.49. The van der Waals surface area contributed by atoms with Gasteiger partial charge in [-0.1, -0.05) is 24.3 Å². The number of hydrogen-bond acceptors (Lipinski definition) is 3. The van der Waals surface area contributed by atoms with Crippen molar-refractivity contribution in [2.45, 2.75) is 6.61 Å². The lowest BCUT2D eigenvalue weighted by Crippen LogP contribution is -2.05. The van der Waals surface area contributed by atoms with Crippen molar-refractivity contribution in [3.8, 4) is 6.07 Å². The van der Waals surface area contributed by atoms with Crippen LogP contribution >= 0.6 is 0 Å². The van der Waals surface area contributed by atoms with Gasteiger partial charge in [-0.2, -0.15) is 5.26 Å². The summed E-state index contributed by atoms with van der Waals surface area (Å²) in [6.07, 6.45) is 3.67. The SMILES string of the molecule is N#Cc1c(COC(=O)c2ccccc2)cn2ccccc12. The first-order valence-corrected chi connectivity index (χ1v) is 6.50. The van der Waals surface area contributed by atoms with Crippen molar-refractivity contribution in [1.29, 1.82) is 5.26 Å². The molecule has 0 unspecified atom stereocenters. The number of carbonyl (C=O) groups is 1. The molecule has 0 atom stereocenters. The fourth-order valence-corrected chi connectivity index (χ4v) is 2.22. The number of nitrogens with zero attached hydrogens (tertiary/aromatic N) is 2. The molecule has 0 bridgehead atoms. The van der Waals surface area contributed by atoms with Crippen LogP contribution in [0.3, 0.4) is 0 Å². The van der Waals surface area contributed by atoms with E-state index in [9.17, 15) is 10.1 Å². The number of carbonyl (C=O) groups excluding carboxylic acids is 1. The predicted molar refractivity (Wildman–Crippen MR) is 77.7 cm³/mol. The van der Waals surface area contributed by atoms with Crippen molar-refractivity contribution in [3.05, 3.63) is 77.6 Å². The normalized spacial score (nSPS) is 10.2. The van der Waals surface area contributed by atoms with Gasteiger partial charge in [-0.25, -0.2) is 4.79 Å². The highest BCUT2D eigenvalue weighted by molar-refractivity contribution is 5.89. The van der Waals surface area contributed by atoms with Gasteiger partial charge in [-0.15, -0.1) is 0 Å². The van der Waals surface area contributed by atoms with Crippen molar-refractivity contribution in [2.24, 2.45) is 0 Å². The number of benzene rings is 1. The third-order valence-corrected chi connectivity index (χ3v) is 3.24. The van der Waals surface area contributed by atoms with Crippen LogP contribution in [0, 0.1) is 11.3 Å². The van der Waals surface area contributed by atoms with Crippen LogP contribution in [-0.2, 0) is 11.3 Å². The van der Waals surface area contributed by atoms with Crippen molar-refractivity contribution >= 4 is 11.5 Å². The van der Waals surface area contributed by atoms with Crippen LogP contribution in [-0.4, -0.2) is 10.4 Å². The van der Waals surface area contributed by atoms with E-state index >= 15 is 0 Å². The van der Waals surface area contributed by atoms with Gasteiger partial charge in [0.1, 0.15) is 12.7 Å². The molecule has 3 rings (SSSR count). The molecule has 21 heavy (non-hydrogen) atoms. The van der Waals surface area contributed by atoms with Gasteiger partial charge in [-0.3, -0.25) is 0 Å². The Hall–Kier alpha value is -3.06. The molecule has 1 aromatic carbocycles. The summed E-state index contributed by atoms with van der Waals surface area (Å²) in [7, 11) is 0. The molecule has 0 spiro atoms. The summed E-state index contributed by atoms with van der Waals surface area (Å²) in [6, 6.07) is 16.6. The summed E-state index contributed by atoms with van der Waals surface area (Å²) < 4.78 is 7.13. The van der Waals surface area contributed by atoms with Gasteiger partial charge in [0.15, 0.2) is 0 Å². The molecular weight excluding hydrogens is 264 g/mol. The average Bonchev–Trinajstić information content (AvgIpc) is 2.91. The molecule has 0 aliphatic rings. The number of fused-ring (bicyclic) bond motifs is 1. The van der Waals surface area contributed by atoms with Crippen LogP contribution in [0.15, 0.2) is 60.9 Å². The van der Waals surface area contributed by atoms with E-state index in [1.54, 1.807) is 24.3 Å². The number of ether oxygens (including phenoxy) is 1. The Morgan fingerprint density at radius 2 is 1.90 bits per heavy atom. The van der Waals surface area contributed by atoms with Crippen LogP contribution in [0.2, 0.25) is 0 Å². The first kappa shape index (κ1) is 12.9. The number of rotatable bonds is 3. The molecule has 0 amide bonds. The van der Waals surface area contributed by atoms with E-state index in [0.29, 0.717) is 16.7 Å². The summed E-state index contributed by atoms with van der Waals surface area (Å²) in [5.41, 5.74) is 2.55. The lowest BCUT2D eigenvalue weighted by molar-refractivity contribution is 0.0472. The highest BCUT2D eigenvalue weighted by Gasteiger charge is 2.12. The number of hydrogen-bond donors (Lipinski definition) is 0. The molecule has 0 saturated carbocycles. The van der Waals surface area contributed by atoms with Crippen LogP contribution < -0.4 is 0 Å².